The van der Waals surface area contributed by atoms with E-state index in [1.54, 1.807) is 0 Å². The van der Waals surface area contributed by atoms with Crippen molar-refractivity contribution in [2.24, 2.45) is 0 Å². The molecule has 0 bridgehead atoms. The largest absolute Gasteiger partial charge is 0.310 e. The van der Waals surface area contributed by atoms with Gasteiger partial charge in [0.1, 0.15) is 5.82 Å². The molecule has 0 saturated carbocycles. The van der Waals surface area contributed by atoms with E-state index in [1.807, 2.05) is 44.2 Å². The first-order valence-corrected chi connectivity index (χ1v) is 6.97. The van der Waals surface area contributed by atoms with Crippen molar-refractivity contribution in [1.29, 1.82) is 0 Å². The number of hydrogen-bond donors (Lipinski definition) is 1. The Morgan fingerprint density at radius 2 is 1.57 bits per heavy atom. The van der Waals surface area contributed by atoms with E-state index in [-0.39, 0.29) is 11.5 Å². The Kier molecular flexibility index (Phi) is 5.02. The van der Waals surface area contributed by atoms with Crippen LogP contribution in [-0.4, -0.2) is 6.54 Å². The van der Waals surface area contributed by atoms with E-state index in [1.165, 1.54) is 0 Å². The third-order valence-corrected chi connectivity index (χ3v) is 3.62. The van der Waals surface area contributed by atoms with Gasteiger partial charge in [0.05, 0.1) is 0 Å². The SMILES string of the molecule is CCNC(c1cc(F)c(F)cc1F)C(C)c1ccccc1. The normalized spacial score (nSPS) is 14.0. The molecule has 0 aliphatic carbocycles. The molecule has 0 aromatic heterocycles. The van der Waals surface area contributed by atoms with Crippen LogP contribution in [0, 0.1) is 17.5 Å². The maximum Gasteiger partial charge on any atom is 0.161 e. The number of nitrogens with one attached hydrogen (secondary N) is 1. The molecular weight excluding hydrogens is 275 g/mol. The van der Waals surface area contributed by atoms with Gasteiger partial charge in [-0.15, -0.1) is 0 Å². The van der Waals surface area contributed by atoms with Crippen molar-refractivity contribution in [3.63, 3.8) is 0 Å². The fraction of sp³-hybridized carbons (Fsp3) is 0.294. The van der Waals surface area contributed by atoms with Gasteiger partial charge in [-0.2, -0.15) is 0 Å². The van der Waals surface area contributed by atoms with Gasteiger partial charge in [-0.1, -0.05) is 44.2 Å². The van der Waals surface area contributed by atoms with Gasteiger partial charge in [0.2, 0.25) is 0 Å². The van der Waals surface area contributed by atoms with Gasteiger partial charge in [-0.05, 0) is 18.2 Å². The fourth-order valence-electron chi connectivity index (χ4n) is 2.50. The number of halogens is 3. The van der Waals surface area contributed by atoms with Crippen LogP contribution in [0.5, 0.6) is 0 Å². The molecule has 0 radical (unpaired) electrons. The molecule has 0 saturated heterocycles. The molecule has 1 N–H and O–H groups in total. The third kappa shape index (κ3) is 3.45. The van der Waals surface area contributed by atoms with E-state index in [2.05, 4.69) is 5.32 Å². The van der Waals surface area contributed by atoms with Gasteiger partial charge in [0.25, 0.3) is 0 Å². The summed E-state index contributed by atoms with van der Waals surface area (Å²) in [4.78, 5) is 0. The average Bonchev–Trinajstić information content (AvgIpc) is 2.49. The number of rotatable bonds is 5. The quantitative estimate of drug-likeness (QED) is 0.797. The molecular formula is C17H18F3N. The zero-order valence-corrected chi connectivity index (χ0v) is 12.0. The van der Waals surface area contributed by atoms with Gasteiger partial charge in [-0.25, -0.2) is 13.2 Å². The molecule has 0 aliphatic heterocycles. The zero-order valence-electron chi connectivity index (χ0n) is 12.0. The van der Waals surface area contributed by atoms with Crippen LogP contribution in [0.4, 0.5) is 13.2 Å². The molecule has 2 unspecified atom stereocenters. The molecule has 2 atom stereocenters. The van der Waals surface area contributed by atoms with E-state index in [4.69, 9.17) is 0 Å². The van der Waals surface area contributed by atoms with Crippen LogP contribution in [0.1, 0.15) is 36.9 Å². The summed E-state index contributed by atoms with van der Waals surface area (Å²) in [7, 11) is 0. The van der Waals surface area contributed by atoms with Crippen LogP contribution in [0.3, 0.4) is 0 Å². The van der Waals surface area contributed by atoms with Crippen LogP contribution >= 0.6 is 0 Å². The van der Waals surface area contributed by atoms with E-state index >= 15 is 0 Å². The monoisotopic (exact) mass is 293 g/mol. The first-order chi connectivity index (χ1) is 10.0. The molecule has 0 fully saturated rings. The van der Waals surface area contributed by atoms with E-state index in [0.29, 0.717) is 12.6 Å². The molecule has 0 amide bonds. The second-order valence-electron chi connectivity index (χ2n) is 5.02. The summed E-state index contributed by atoms with van der Waals surface area (Å²) < 4.78 is 40.6. The summed E-state index contributed by atoms with van der Waals surface area (Å²) in [6.45, 7) is 4.42. The Hall–Kier alpha value is -1.81. The van der Waals surface area contributed by atoms with Crippen molar-refractivity contribution in [2.45, 2.75) is 25.8 Å². The predicted molar refractivity (Wildman–Crippen MR) is 77.6 cm³/mol. The third-order valence-electron chi connectivity index (χ3n) is 3.62. The highest BCUT2D eigenvalue weighted by atomic mass is 19.2. The summed E-state index contributed by atoms with van der Waals surface area (Å²) in [6, 6.07) is 10.7. The molecule has 2 aromatic carbocycles. The topological polar surface area (TPSA) is 12.0 Å². The lowest BCUT2D eigenvalue weighted by Crippen LogP contribution is -2.27. The van der Waals surface area contributed by atoms with Crippen LogP contribution in [-0.2, 0) is 0 Å². The second-order valence-corrected chi connectivity index (χ2v) is 5.02. The van der Waals surface area contributed by atoms with Gasteiger partial charge in [-0.3, -0.25) is 0 Å². The van der Waals surface area contributed by atoms with Crippen molar-refractivity contribution in [1.82, 2.24) is 5.32 Å². The van der Waals surface area contributed by atoms with Crippen molar-refractivity contribution < 1.29 is 13.2 Å². The lowest BCUT2D eigenvalue weighted by molar-refractivity contribution is 0.438. The zero-order chi connectivity index (χ0) is 15.4. The highest BCUT2D eigenvalue weighted by Gasteiger charge is 2.24. The Labute approximate surface area is 122 Å². The predicted octanol–water partition coefficient (Wildman–Crippen LogP) is 4.56. The molecule has 112 valence electrons. The Bertz CT molecular complexity index is 598. The molecule has 1 nitrogen and oxygen atoms in total. The van der Waals surface area contributed by atoms with Crippen LogP contribution in [0.15, 0.2) is 42.5 Å². The second kappa shape index (κ2) is 6.76. The molecule has 2 rings (SSSR count). The van der Waals surface area contributed by atoms with Crippen molar-refractivity contribution in [3.05, 3.63) is 71.0 Å². The molecule has 0 spiro atoms. The molecule has 0 aliphatic rings. The lowest BCUT2D eigenvalue weighted by atomic mass is 9.88. The number of benzene rings is 2. The van der Waals surface area contributed by atoms with E-state index in [0.717, 1.165) is 11.6 Å². The Balaban J connectivity index is 2.42. The van der Waals surface area contributed by atoms with Crippen LogP contribution in [0.25, 0.3) is 0 Å². The van der Waals surface area contributed by atoms with Gasteiger partial charge in [0.15, 0.2) is 11.6 Å². The number of likely N-dealkylation sites (N-methyl/N-ethyl adjacent to an activating group) is 1. The summed E-state index contributed by atoms with van der Waals surface area (Å²) in [6.07, 6.45) is 0. The molecule has 4 heteroatoms. The van der Waals surface area contributed by atoms with E-state index < -0.39 is 23.5 Å². The van der Waals surface area contributed by atoms with Crippen molar-refractivity contribution in [2.75, 3.05) is 6.54 Å². The first-order valence-electron chi connectivity index (χ1n) is 6.97. The fourth-order valence-corrected chi connectivity index (χ4v) is 2.50. The summed E-state index contributed by atoms with van der Waals surface area (Å²) in [5.41, 5.74) is 1.15. The summed E-state index contributed by atoms with van der Waals surface area (Å²) >= 11 is 0. The van der Waals surface area contributed by atoms with Crippen molar-refractivity contribution in [3.8, 4) is 0 Å². The van der Waals surface area contributed by atoms with Crippen LogP contribution in [0.2, 0.25) is 0 Å². The van der Waals surface area contributed by atoms with Crippen LogP contribution < -0.4 is 5.32 Å². The highest BCUT2D eigenvalue weighted by molar-refractivity contribution is 5.29. The smallest absolute Gasteiger partial charge is 0.161 e. The van der Waals surface area contributed by atoms with Gasteiger partial charge in [0, 0.05) is 23.6 Å². The minimum atomic E-state index is -1.17. The maximum atomic E-state index is 14.0. The van der Waals surface area contributed by atoms with Crippen molar-refractivity contribution >= 4 is 0 Å². The minimum Gasteiger partial charge on any atom is -0.310 e. The van der Waals surface area contributed by atoms with E-state index in [9.17, 15) is 13.2 Å². The Morgan fingerprint density at radius 1 is 0.952 bits per heavy atom. The molecule has 21 heavy (non-hydrogen) atoms. The maximum absolute atomic E-state index is 14.0. The molecule has 2 aromatic rings. The minimum absolute atomic E-state index is 0.0782. The summed E-state index contributed by atoms with van der Waals surface area (Å²) in [5.74, 6) is -3.01. The summed E-state index contributed by atoms with van der Waals surface area (Å²) in [5, 5.41) is 3.16. The van der Waals surface area contributed by atoms with Gasteiger partial charge < -0.3 is 5.32 Å². The average molecular weight is 293 g/mol. The van der Waals surface area contributed by atoms with Gasteiger partial charge >= 0.3 is 0 Å². The lowest BCUT2D eigenvalue weighted by Gasteiger charge is -2.26. The molecule has 0 heterocycles. The standard InChI is InChI=1S/C17H18F3N/c1-3-21-17(11(2)12-7-5-4-6-8-12)13-9-15(19)16(20)10-14(13)18/h4-11,17,21H,3H2,1-2H3. The first kappa shape index (κ1) is 15.6. The Morgan fingerprint density at radius 3 is 2.19 bits per heavy atom. The highest BCUT2D eigenvalue weighted by Crippen LogP contribution is 2.32. The number of hydrogen-bond acceptors (Lipinski definition) is 1.